The van der Waals surface area contributed by atoms with Crippen molar-refractivity contribution in [3.05, 3.63) is 40.2 Å². The van der Waals surface area contributed by atoms with E-state index in [2.05, 4.69) is 10.2 Å². The number of hydrogen-bond donors (Lipinski definition) is 1. The fourth-order valence-corrected chi connectivity index (χ4v) is 4.78. The molecule has 0 radical (unpaired) electrons. The van der Waals surface area contributed by atoms with Crippen LogP contribution in [0, 0.1) is 0 Å². The minimum atomic E-state index is -0.540. The summed E-state index contributed by atoms with van der Waals surface area (Å²) in [6.07, 6.45) is 5.73. The Morgan fingerprint density at radius 2 is 1.93 bits per heavy atom. The smallest absolute Gasteiger partial charge is 0.337 e. The van der Waals surface area contributed by atoms with E-state index in [0.29, 0.717) is 35.4 Å². The van der Waals surface area contributed by atoms with E-state index in [1.807, 2.05) is 6.92 Å². The van der Waals surface area contributed by atoms with Crippen LogP contribution >= 0.6 is 0 Å². The van der Waals surface area contributed by atoms with Gasteiger partial charge in [-0.1, -0.05) is 19.3 Å². The van der Waals surface area contributed by atoms with Crippen LogP contribution in [-0.4, -0.2) is 55.8 Å². The first kappa shape index (κ1) is 20.9. The molecule has 2 aromatic rings. The molecule has 0 bridgehead atoms. The largest absolute Gasteiger partial charge is 0.494 e. The fraction of sp³-hybridized carbons (Fsp3) is 0.565. The molecule has 1 aromatic carbocycles. The first-order chi connectivity index (χ1) is 14.6. The van der Waals surface area contributed by atoms with Gasteiger partial charge in [-0.25, -0.2) is 4.79 Å². The zero-order valence-corrected chi connectivity index (χ0v) is 17.6. The van der Waals surface area contributed by atoms with Gasteiger partial charge in [-0.05, 0) is 31.9 Å². The zero-order chi connectivity index (χ0) is 21.0. The van der Waals surface area contributed by atoms with Crippen LogP contribution < -0.4 is 15.7 Å². The summed E-state index contributed by atoms with van der Waals surface area (Å²) in [5, 5.41) is 3.74. The van der Waals surface area contributed by atoms with E-state index in [1.54, 1.807) is 18.2 Å². The van der Waals surface area contributed by atoms with E-state index >= 15 is 0 Å². The number of carbonyl (C=O) groups excluding carboxylic acids is 1. The number of ether oxygens (including phenoxy) is 2. The number of morpholine rings is 1. The molecule has 1 aliphatic heterocycles. The number of nitrogens with zero attached hydrogens (tertiary/aromatic N) is 1. The summed E-state index contributed by atoms with van der Waals surface area (Å²) in [4.78, 5) is 27.7. The lowest BCUT2D eigenvalue weighted by Crippen LogP contribution is -2.59. The van der Waals surface area contributed by atoms with E-state index < -0.39 is 5.63 Å². The molecule has 1 saturated heterocycles. The van der Waals surface area contributed by atoms with Gasteiger partial charge in [0.15, 0.2) is 0 Å². The Hall–Kier alpha value is -2.38. The Kier molecular flexibility index (Phi) is 6.39. The summed E-state index contributed by atoms with van der Waals surface area (Å²) in [5.41, 5.74) is 0.132. The molecular weight excluding hydrogens is 384 g/mol. The molecule has 1 N–H and O–H groups in total. The lowest BCUT2D eigenvalue weighted by Gasteiger charge is -2.48. The van der Waals surface area contributed by atoms with Crippen LogP contribution in [0.1, 0.15) is 49.4 Å². The van der Waals surface area contributed by atoms with Gasteiger partial charge in [0.2, 0.25) is 0 Å². The minimum absolute atomic E-state index is 0.0327. The molecule has 1 saturated carbocycles. The molecule has 2 heterocycles. The lowest BCUT2D eigenvalue weighted by atomic mass is 9.79. The lowest BCUT2D eigenvalue weighted by molar-refractivity contribution is -0.0361. The Balaban J connectivity index is 1.56. The van der Waals surface area contributed by atoms with Gasteiger partial charge in [0, 0.05) is 42.7 Å². The van der Waals surface area contributed by atoms with Crippen molar-refractivity contribution in [1.82, 2.24) is 10.2 Å². The maximum Gasteiger partial charge on any atom is 0.337 e. The van der Waals surface area contributed by atoms with Crippen LogP contribution in [-0.2, 0) is 4.74 Å². The second-order valence-corrected chi connectivity index (χ2v) is 8.14. The minimum Gasteiger partial charge on any atom is -0.494 e. The van der Waals surface area contributed by atoms with Gasteiger partial charge in [-0.3, -0.25) is 9.69 Å². The van der Waals surface area contributed by atoms with Gasteiger partial charge >= 0.3 is 5.63 Å². The highest BCUT2D eigenvalue weighted by atomic mass is 16.5. The van der Waals surface area contributed by atoms with E-state index in [-0.39, 0.29) is 11.4 Å². The third kappa shape index (κ3) is 4.37. The van der Waals surface area contributed by atoms with E-state index in [4.69, 9.17) is 13.9 Å². The molecule has 0 spiro atoms. The molecule has 30 heavy (non-hydrogen) atoms. The SMILES string of the molecule is CCOc1ccc2c(C(=O)NCC3(N4CCOCC4)CCCCC3)cc(=O)oc2c1. The molecule has 1 aromatic heterocycles. The highest BCUT2D eigenvalue weighted by Crippen LogP contribution is 2.34. The normalized spacial score (nSPS) is 19.5. The predicted molar refractivity (Wildman–Crippen MR) is 114 cm³/mol. The molecule has 1 amide bonds. The van der Waals surface area contributed by atoms with Crippen molar-refractivity contribution in [2.75, 3.05) is 39.5 Å². The van der Waals surface area contributed by atoms with Crippen molar-refractivity contribution < 1.29 is 18.7 Å². The number of amides is 1. The van der Waals surface area contributed by atoms with Crippen LogP contribution in [0.4, 0.5) is 0 Å². The Labute approximate surface area is 176 Å². The van der Waals surface area contributed by atoms with Crippen molar-refractivity contribution in [2.45, 2.75) is 44.6 Å². The molecule has 0 unspecified atom stereocenters. The van der Waals surface area contributed by atoms with Crippen molar-refractivity contribution >= 4 is 16.9 Å². The standard InChI is InChI=1S/C23H30N2O5/c1-2-29-17-6-7-18-19(15-21(26)30-20(18)14-17)22(27)24-16-23(8-4-3-5-9-23)25-10-12-28-13-11-25/h6-7,14-15H,2-5,8-13,16H2,1H3,(H,24,27). The molecule has 2 fully saturated rings. The zero-order valence-electron chi connectivity index (χ0n) is 17.6. The highest BCUT2D eigenvalue weighted by Gasteiger charge is 2.39. The molecule has 4 rings (SSSR count). The maximum atomic E-state index is 13.1. The molecule has 1 aliphatic carbocycles. The number of rotatable bonds is 6. The Morgan fingerprint density at radius 1 is 1.17 bits per heavy atom. The van der Waals surface area contributed by atoms with Crippen molar-refractivity contribution in [3.8, 4) is 5.75 Å². The number of hydrogen-bond acceptors (Lipinski definition) is 6. The average Bonchev–Trinajstić information content (AvgIpc) is 2.78. The number of carbonyl (C=O) groups is 1. The highest BCUT2D eigenvalue weighted by molar-refractivity contribution is 6.05. The second-order valence-electron chi connectivity index (χ2n) is 8.14. The first-order valence-corrected chi connectivity index (χ1v) is 10.9. The Bertz CT molecular complexity index is 942. The third-order valence-electron chi connectivity index (χ3n) is 6.32. The molecule has 2 aliphatic rings. The first-order valence-electron chi connectivity index (χ1n) is 10.9. The Morgan fingerprint density at radius 3 is 2.67 bits per heavy atom. The topological polar surface area (TPSA) is 81.0 Å². The van der Waals surface area contributed by atoms with Crippen LogP contribution in [0.15, 0.2) is 33.5 Å². The summed E-state index contributed by atoms with van der Waals surface area (Å²) in [6, 6.07) is 6.50. The third-order valence-corrected chi connectivity index (χ3v) is 6.32. The number of fused-ring (bicyclic) bond motifs is 1. The van der Waals surface area contributed by atoms with Crippen molar-refractivity contribution in [1.29, 1.82) is 0 Å². The second kappa shape index (κ2) is 9.18. The maximum absolute atomic E-state index is 13.1. The molecule has 0 atom stereocenters. The summed E-state index contributed by atoms with van der Waals surface area (Å²) in [6.45, 7) is 6.25. The summed E-state index contributed by atoms with van der Waals surface area (Å²) in [5.74, 6) is 0.370. The summed E-state index contributed by atoms with van der Waals surface area (Å²) < 4.78 is 16.3. The quantitative estimate of drug-likeness (QED) is 0.732. The van der Waals surface area contributed by atoms with Crippen molar-refractivity contribution in [3.63, 3.8) is 0 Å². The average molecular weight is 415 g/mol. The van der Waals surface area contributed by atoms with Gasteiger partial charge in [0.25, 0.3) is 5.91 Å². The van der Waals surface area contributed by atoms with Gasteiger partial charge in [-0.15, -0.1) is 0 Å². The van der Waals surface area contributed by atoms with Gasteiger partial charge in [0.05, 0.1) is 25.4 Å². The molecular formula is C23H30N2O5. The van der Waals surface area contributed by atoms with Gasteiger partial charge < -0.3 is 19.2 Å². The number of nitrogens with one attached hydrogen (secondary N) is 1. The van der Waals surface area contributed by atoms with Gasteiger partial charge in [-0.2, -0.15) is 0 Å². The van der Waals surface area contributed by atoms with Crippen LogP contribution in [0.3, 0.4) is 0 Å². The predicted octanol–water partition coefficient (Wildman–Crippen LogP) is 2.96. The van der Waals surface area contributed by atoms with Crippen molar-refractivity contribution in [2.24, 2.45) is 0 Å². The van der Waals surface area contributed by atoms with Crippen LogP contribution in [0.2, 0.25) is 0 Å². The van der Waals surface area contributed by atoms with E-state index in [9.17, 15) is 9.59 Å². The number of benzene rings is 1. The van der Waals surface area contributed by atoms with E-state index in [1.165, 1.54) is 25.3 Å². The van der Waals surface area contributed by atoms with Crippen LogP contribution in [0.25, 0.3) is 11.0 Å². The molecule has 7 heteroatoms. The monoisotopic (exact) mass is 414 g/mol. The van der Waals surface area contributed by atoms with Gasteiger partial charge in [0.1, 0.15) is 11.3 Å². The fourth-order valence-electron chi connectivity index (χ4n) is 4.78. The molecule has 162 valence electrons. The van der Waals surface area contributed by atoms with E-state index in [0.717, 1.165) is 39.1 Å². The summed E-state index contributed by atoms with van der Waals surface area (Å²) >= 11 is 0. The molecule has 7 nitrogen and oxygen atoms in total. The summed E-state index contributed by atoms with van der Waals surface area (Å²) in [7, 11) is 0. The van der Waals surface area contributed by atoms with Crippen LogP contribution in [0.5, 0.6) is 5.75 Å².